The van der Waals surface area contributed by atoms with E-state index in [-0.39, 0.29) is 24.5 Å². The zero-order chi connectivity index (χ0) is 20.6. The Kier molecular flexibility index (Phi) is 6.63. The summed E-state index contributed by atoms with van der Waals surface area (Å²) in [6.45, 7) is 4.07. The number of anilines is 1. The maximum absolute atomic E-state index is 12.8. The second-order valence-electron chi connectivity index (χ2n) is 6.44. The lowest BCUT2D eigenvalue weighted by molar-refractivity contribution is -0.140. The SMILES string of the molecule is CCOC(=O)CNc1cccc(C(=O)N[C@@H](C)c2ccccc2-n2cccn2)c1. The van der Waals surface area contributed by atoms with E-state index in [0.717, 1.165) is 11.3 Å². The molecule has 2 N–H and O–H groups in total. The van der Waals surface area contributed by atoms with Crippen LogP contribution in [-0.4, -0.2) is 34.8 Å². The highest BCUT2D eigenvalue weighted by atomic mass is 16.5. The third-order valence-electron chi connectivity index (χ3n) is 4.37. The summed E-state index contributed by atoms with van der Waals surface area (Å²) < 4.78 is 6.67. The lowest BCUT2D eigenvalue weighted by Gasteiger charge is -2.18. The molecule has 1 amide bonds. The smallest absolute Gasteiger partial charge is 0.325 e. The topological polar surface area (TPSA) is 85.2 Å². The van der Waals surface area contributed by atoms with E-state index in [0.29, 0.717) is 17.9 Å². The molecule has 150 valence electrons. The summed E-state index contributed by atoms with van der Waals surface area (Å²) in [6.07, 6.45) is 3.58. The molecule has 0 saturated carbocycles. The number of amides is 1. The van der Waals surface area contributed by atoms with Crippen LogP contribution in [0.25, 0.3) is 5.69 Å². The average Bonchev–Trinajstić information content (AvgIpc) is 3.27. The van der Waals surface area contributed by atoms with Crippen LogP contribution in [-0.2, 0) is 9.53 Å². The minimum Gasteiger partial charge on any atom is -0.465 e. The van der Waals surface area contributed by atoms with Crippen LogP contribution in [0.15, 0.2) is 67.0 Å². The molecule has 1 heterocycles. The van der Waals surface area contributed by atoms with Crippen molar-refractivity contribution in [3.8, 4) is 5.69 Å². The zero-order valence-corrected chi connectivity index (χ0v) is 16.5. The third-order valence-corrected chi connectivity index (χ3v) is 4.37. The first-order valence-corrected chi connectivity index (χ1v) is 9.48. The molecule has 0 spiro atoms. The number of aromatic nitrogens is 2. The van der Waals surface area contributed by atoms with Crippen molar-refractivity contribution in [2.24, 2.45) is 0 Å². The minimum absolute atomic E-state index is 0.0482. The third kappa shape index (κ3) is 5.22. The van der Waals surface area contributed by atoms with E-state index >= 15 is 0 Å². The number of esters is 1. The number of para-hydroxylation sites is 1. The molecule has 29 heavy (non-hydrogen) atoms. The van der Waals surface area contributed by atoms with Crippen molar-refractivity contribution in [2.75, 3.05) is 18.5 Å². The summed E-state index contributed by atoms with van der Waals surface area (Å²) in [5.41, 5.74) is 3.05. The summed E-state index contributed by atoms with van der Waals surface area (Å²) in [5, 5.41) is 10.3. The van der Waals surface area contributed by atoms with E-state index in [4.69, 9.17) is 4.74 Å². The van der Waals surface area contributed by atoms with Gasteiger partial charge in [-0.15, -0.1) is 0 Å². The van der Waals surface area contributed by atoms with Gasteiger partial charge in [0.25, 0.3) is 5.91 Å². The van der Waals surface area contributed by atoms with E-state index < -0.39 is 0 Å². The monoisotopic (exact) mass is 392 g/mol. The molecule has 0 radical (unpaired) electrons. The molecule has 7 nitrogen and oxygen atoms in total. The van der Waals surface area contributed by atoms with Crippen LogP contribution in [0, 0.1) is 0 Å². The van der Waals surface area contributed by atoms with Gasteiger partial charge in [0.1, 0.15) is 6.54 Å². The van der Waals surface area contributed by atoms with Gasteiger partial charge < -0.3 is 15.4 Å². The maximum Gasteiger partial charge on any atom is 0.325 e. The highest BCUT2D eigenvalue weighted by Gasteiger charge is 2.16. The van der Waals surface area contributed by atoms with Crippen molar-refractivity contribution < 1.29 is 14.3 Å². The Morgan fingerprint density at radius 3 is 2.72 bits per heavy atom. The highest BCUT2D eigenvalue weighted by Crippen LogP contribution is 2.21. The second kappa shape index (κ2) is 9.54. The summed E-state index contributed by atoms with van der Waals surface area (Å²) >= 11 is 0. The Hall–Kier alpha value is -3.61. The Balaban J connectivity index is 1.69. The van der Waals surface area contributed by atoms with Crippen LogP contribution < -0.4 is 10.6 Å². The van der Waals surface area contributed by atoms with Gasteiger partial charge in [-0.2, -0.15) is 5.10 Å². The number of hydrogen-bond acceptors (Lipinski definition) is 5. The van der Waals surface area contributed by atoms with Gasteiger partial charge in [-0.25, -0.2) is 4.68 Å². The van der Waals surface area contributed by atoms with Crippen molar-refractivity contribution in [3.63, 3.8) is 0 Å². The van der Waals surface area contributed by atoms with E-state index in [2.05, 4.69) is 15.7 Å². The molecule has 0 aliphatic rings. The molecule has 0 aliphatic carbocycles. The average molecular weight is 392 g/mol. The molecule has 3 rings (SSSR count). The largest absolute Gasteiger partial charge is 0.465 e. The van der Waals surface area contributed by atoms with Gasteiger partial charge >= 0.3 is 5.97 Å². The molecule has 0 saturated heterocycles. The number of hydrogen-bond donors (Lipinski definition) is 2. The van der Waals surface area contributed by atoms with Crippen LogP contribution in [0.2, 0.25) is 0 Å². The number of benzene rings is 2. The lowest BCUT2D eigenvalue weighted by atomic mass is 10.1. The lowest BCUT2D eigenvalue weighted by Crippen LogP contribution is -2.27. The second-order valence-corrected chi connectivity index (χ2v) is 6.44. The van der Waals surface area contributed by atoms with Crippen molar-refractivity contribution in [1.82, 2.24) is 15.1 Å². The Bertz CT molecular complexity index is 970. The van der Waals surface area contributed by atoms with Crippen molar-refractivity contribution in [3.05, 3.63) is 78.1 Å². The van der Waals surface area contributed by atoms with Gasteiger partial charge in [-0.1, -0.05) is 24.3 Å². The fourth-order valence-electron chi connectivity index (χ4n) is 2.99. The van der Waals surface area contributed by atoms with E-state index in [1.807, 2.05) is 43.5 Å². The first kappa shape index (κ1) is 20.1. The molecule has 1 aromatic heterocycles. The van der Waals surface area contributed by atoms with E-state index in [1.54, 1.807) is 42.1 Å². The number of carbonyl (C=O) groups is 2. The van der Waals surface area contributed by atoms with E-state index in [1.165, 1.54) is 0 Å². The van der Waals surface area contributed by atoms with E-state index in [9.17, 15) is 9.59 Å². The van der Waals surface area contributed by atoms with Gasteiger partial charge in [0.05, 0.1) is 18.3 Å². The van der Waals surface area contributed by atoms with Crippen molar-refractivity contribution in [1.29, 1.82) is 0 Å². The molecule has 1 atom stereocenters. The van der Waals surface area contributed by atoms with Gasteiger partial charge in [0, 0.05) is 23.6 Å². The number of carbonyl (C=O) groups excluding carboxylic acids is 2. The van der Waals surface area contributed by atoms with Gasteiger partial charge in [0.15, 0.2) is 0 Å². The van der Waals surface area contributed by atoms with Crippen LogP contribution in [0.4, 0.5) is 5.69 Å². The van der Waals surface area contributed by atoms with Crippen LogP contribution in [0.3, 0.4) is 0 Å². The minimum atomic E-state index is -0.341. The van der Waals surface area contributed by atoms with Gasteiger partial charge in [-0.05, 0) is 49.7 Å². The maximum atomic E-state index is 12.8. The fraction of sp³-hybridized carbons (Fsp3) is 0.227. The van der Waals surface area contributed by atoms with Gasteiger partial charge in [0.2, 0.25) is 0 Å². The Labute approximate surface area is 169 Å². The molecule has 0 aliphatic heterocycles. The van der Waals surface area contributed by atoms with Crippen LogP contribution >= 0.6 is 0 Å². The molecule has 2 aromatic carbocycles. The molecule has 0 fully saturated rings. The summed E-state index contributed by atoms with van der Waals surface area (Å²) in [5.74, 6) is -0.543. The van der Waals surface area contributed by atoms with Crippen molar-refractivity contribution >= 4 is 17.6 Å². The first-order chi connectivity index (χ1) is 14.1. The first-order valence-electron chi connectivity index (χ1n) is 9.48. The normalized spacial score (nSPS) is 11.5. The molecule has 0 bridgehead atoms. The summed E-state index contributed by atoms with van der Waals surface area (Å²) in [4.78, 5) is 24.3. The molecule has 3 aromatic rings. The van der Waals surface area contributed by atoms with Crippen molar-refractivity contribution in [2.45, 2.75) is 19.9 Å². The molecular weight excluding hydrogens is 368 g/mol. The Morgan fingerprint density at radius 2 is 1.97 bits per heavy atom. The number of nitrogens with one attached hydrogen (secondary N) is 2. The van der Waals surface area contributed by atoms with Crippen LogP contribution in [0.1, 0.15) is 35.8 Å². The molecular formula is C22H24N4O3. The van der Waals surface area contributed by atoms with Crippen LogP contribution in [0.5, 0.6) is 0 Å². The quantitative estimate of drug-likeness (QED) is 0.575. The highest BCUT2D eigenvalue weighted by molar-refractivity contribution is 5.95. The zero-order valence-electron chi connectivity index (χ0n) is 16.5. The molecule has 0 unspecified atom stereocenters. The van der Waals surface area contributed by atoms with Gasteiger partial charge in [-0.3, -0.25) is 9.59 Å². The number of rotatable bonds is 8. The Morgan fingerprint density at radius 1 is 1.14 bits per heavy atom. The fourth-order valence-corrected chi connectivity index (χ4v) is 2.99. The number of nitrogens with zero attached hydrogens (tertiary/aromatic N) is 2. The molecule has 7 heteroatoms. The predicted octanol–water partition coefficient (Wildman–Crippen LogP) is 3.34. The standard InChI is InChI=1S/C22H24N4O3/c1-3-29-21(27)15-23-18-9-6-8-17(14-18)22(28)25-16(2)19-10-4-5-11-20(19)26-13-7-12-24-26/h4-14,16,23H,3,15H2,1-2H3,(H,25,28)/t16-/m0/s1. The predicted molar refractivity (Wildman–Crippen MR) is 111 cm³/mol. The summed E-state index contributed by atoms with van der Waals surface area (Å²) in [7, 11) is 0. The summed E-state index contributed by atoms with van der Waals surface area (Å²) in [6, 6.07) is 16.5. The number of ether oxygens (including phenoxy) is 1.